The molecule has 6 nitrogen and oxygen atoms in total. The summed E-state index contributed by atoms with van der Waals surface area (Å²) >= 11 is 5.40. The van der Waals surface area contributed by atoms with E-state index in [0.29, 0.717) is 19.1 Å². The minimum atomic E-state index is -0.588. The van der Waals surface area contributed by atoms with E-state index in [2.05, 4.69) is 4.98 Å². The predicted molar refractivity (Wildman–Crippen MR) is 57.9 cm³/mol. The molecule has 0 fully saturated rings. The lowest BCUT2D eigenvalue weighted by atomic mass is 10.4. The molecule has 0 unspecified atom stereocenters. The standard InChI is InChI=1S/C9H11ClN2O4/c10-3-5-15-6-7-16-8-2-1-4-11-9(8)12(13)14/h1-2,4H,3,5-7H2. The van der Waals surface area contributed by atoms with Gasteiger partial charge in [0.05, 0.1) is 13.2 Å². The third kappa shape index (κ3) is 4.00. The van der Waals surface area contributed by atoms with Crippen molar-refractivity contribution < 1.29 is 14.4 Å². The van der Waals surface area contributed by atoms with E-state index >= 15 is 0 Å². The highest BCUT2D eigenvalue weighted by molar-refractivity contribution is 6.17. The molecule has 7 heteroatoms. The van der Waals surface area contributed by atoms with Crippen LogP contribution < -0.4 is 4.74 Å². The monoisotopic (exact) mass is 246 g/mol. The molecule has 0 aliphatic carbocycles. The Morgan fingerprint density at radius 2 is 2.25 bits per heavy atom. The van der Waals surface area contributed by atoms with Gasteiger partial charge in [-0.25, -0.2) is 0 Å². The van der Waals surface area contributed by atoms with E-state index < -0.39 is 4.92 Å². The SMILES string of the molecule is O=[N+]([O-])c1ncccc1OCCOCCCl. The van der Waals surface area contributed by atoms with Crippen LogP contribution in [0, 0.1) is 10.1 Å². The molecule has 1 heterocycles. The second-order valence-electron chi connectivity index (χ2n) is 2.73. The number of alkyl halides is 1. The number of nitro groups is 1. The number of hydrogen-bond acceptors (Lipinski definition) is 5. The fourth-order valence-corrected chi connectivity index (χ4v) is 1.11. The minimum Gasteiger partial charge on any atom is -0.483 e. The van der Waals surface area contributed by atoms with E-state index in [1.54, 1.807) is 6.07 Å². The van der Waals surface area contributed by atoms with Crippen molar-refractivity contribution in [2.75, 3.05) is 25.7 Å². The molecule has 0 atom stereocenters. The topological polar surface area (TPSA) is 74.5 Å². The van der Waals surface area contributed by atoms with Crippen LogP contribution in [0.3, 0.4) is 0 Å². The van der Waals surface area contributed by atoms with Crippen LogP contribution in [0.25, 0.3) is 0 Å². The molecule has 0 saturated carbocycles. The average molecular weight is 247 g/mol. The zero-order valence-corrected chi connectivity index (χ0v) is 9.22. The van der Waals surface area contributed by atoms with Gasteiger partial charge in [-0.2, -0.15) is 0 Å². The Bertz CT molecular complexity index is 348. The summed E-state index contributed by atoms with van der Waals surface area (Å²) in [5.74, 6) is 0.259. The Balaban J connectivity index is 2.44. The molecule has 0 aliphatic rings. The first-order valence-corrected chi connectivity index (χ1v) is 5.15. The normalized spacial score (nSPS) is 10.1. The van der Waals surface area contributed by atoms with Gasteiger partial charge < -0.3 is 19.6 Å². The first-order valence-electron chi connectivity index (χ1n) is 4.61. The molecule has 0 radical (unpaired) electrons. The lowest BCUT2D eigenvalue weighted by molar-refractivity contribution is -0.390. The smallest absolute Gasteiger partial charge is 0.406 e. The number of rotatable bonds is 7. The van der Waals surface area contributed by atoms with Gasteiger partial charge in [-0.05, 0) is 22.0 Å². The van der Waals surface area contributed by atoms with E-state index in [0.717, 1.165) is 0 Å². The lowest BCUT2D eigenvalue weighted by Crippen LogP contribution is -2.09. The largest absolute Gasteiger partial charge is 0.483 e. The molecule has 16 heavy (non-hydrogen) atoms. The maximum atomic E-state index is 10.6. The maximum absolute atomic E-state index is 10.6. The quantitative estimate of drug-likeness (QED) is 0.316. The summed E-state index contributed by atoms with van der Waals surface area (Å²) in [4.78, 5) is 13.6. The van der Waals surface area contributed by atoms with Crippen molar-refractivity contribution >= 4 is 17.4 Å². The zero-order chi connectivity index (χ0) is 11.8. The number of ether oxygens (including phenoxy) is 2. The third-order valence-electron chi connectivity index (χ3n) is 1.63. The summed E-state index contributed by atoms with van der Waals surface area (Å²) in [5.41, 5.74) is 0. The van der Waals surface area contributed by atoms with Crippen LogP contribution in [-0.4, -0.2) is 35.6 Å². The molecule has 0 amide bonds. The second kappa shape index (κ2) is 6.97. The van der Waals surface area contributed by atoms with Crippen LogP contribution in [-0.2, 0) is 4.74 Å². The summed E-state index contributed by atoms with van der Waals surface area (Å²) in [6, 6.07) is 3.06. The van der Waals surface area contributed by atoms with Crippen molar-refractivity contribution in [3.8, 4) is 5.75 Å². The molecule has 1 aromatic rings. The number of pyridine rings is 1. The van der Waals surface area contributed by atoms with Crippen LogP contribution in [0.5, 0.6) is 5.75 Å². The molecule has 0 aliphatic heterocycles. The van der Waals surface area contributed by atoms with Crippen LogP contribution >= 0.6 is 11.6 Å². The molecule has 0 N–H and O–H groups in total. The van der Waals surface area contributed by atoms with E-state index in [4.69, 9.17) is 21.1 Å². The van der Waals surface area contributed by atoms with Gasteiger partial charge in [0.2, 0.25) is 5.75 Å². The molecule has 1 rings (SSSR count). The van der Waals surface area contributed by atoms with Gasteiger partial charge in [-0.15, -0.1) is 11.6 Å². The Morgan fingerprint density at radius 1 is 1.44 bits per heavy atom. The number of nitrogens with zero attached hydrogens (tertiary/aromatic N) is 2. The lowest BCUT2D eigenvalue weighted by Gasteiger charge is -2.05. The number of hydrogen-bond donors (Lipinski definition) is 0. The molecule has 0 saturated heterocycles. The Kier molecular flexibility index (Phi) is 5.52. The second-order valence-corrected chi connectivity index (χ2v) is 3.11. The summed E-state index contributed by atoms with van der Waals surface area (Å²) in [6.07, 6.45) is 1.34. The van der Waals surface area contributed by atoms with Crippen molar-refractivity contribution in [3.05, 3.63) is 28.4 Å². The molecule has 88 valence electrons. The van der Waals surface area contributed by atoms with Crippen molar-refractivity contribution in [3.63, 3.8) is 0 Å². The summed E-state index contributed by atoms with van der Waals surface area (Å²) in [6.45, 7) is 0.988. The summed E-state index contributed by atoms with van der Waals surface area (Å²) in [5, 5.41) is 10.6. The highest BCUT2D eigenvalue weighted by atomic mass is 35.5. The van der Waals surface area contributed by atoms with E-state index in [1.807, 2.05) is 0 Å². The van der Waals surface area contributed by atoms with Crippen molar-refractivity contribution in [2.24, 2.45) is 0 Å². The van der Waals surface area contributed by atoms with Crippen LogP contribution in [0.15, 0.2) is 18.3 Å². The van der Waals surface area contributed by atoms with E-state index in [9.17, 15) is 10.1 Å². The van der Waals surface area contributed by atoms with Crippen molar-refractivity contribution in [2.45, 2.75) is 0 Å². The van der Waals surface area contributed by atoms with E-state index in [1.165, 1.54) is 12.3 Å². The Morgan fingerprint density at radius 3 is 2.94 bits per heavy atom. The average Bonchev–Trinajstić information content (AvgIpc) is 2.29. The highest BCUT2D eigenvalue weighted by Crippen LogP contribution is 2.22. The Hall–Kier alpha value is -1.40. The minimum absolute atomic E-state index is 0.141. The van der Waals surface area contributed by atoms with Crippen molar-refractivity contribution in [1.82, 2.24) is 4.98 Å². The van der Waals surface area contributed by atoms with Gasteiger partial charge in [0.15, 0.2) is 0 Å². The molecular formula is C9H11ClN2O4. The van der Waals surface area contributed by atoms with Crippen LogP contribution in [0.1, 0.15) is 0 Å². The molecule has 0 spiro atoms. The fraction of sp³-hybridized carbons (Fsp3) is 0.444. The first kappa shape index (κ1) is 12.7. The van der Waals surface area contributed by atoms with Gasteiger partial charge in [-0.1, -0.05) is 0 Å². The maximum Gasteiger partial charge on any atom is 0.406 e. The summed E-state index contributed by atoms with van der Waals surface area (Å²) < 4.78 is 10.2. The van der Waals surface area contributed by atoms with Gasteiger partial charge in [0, 0.05) is 5.88 Å². The summed E-state index contributed by atoms with van der Waals surface area (Å²) in [7, 11) is 0. The van der Waals surface area contributed by atoms with Gasteiger partial charge in [0.25, 0.3) is 0 Å². The number of halogens is 1. The molecule has 0 bridgehead atoms. The van der Waals surface area contributed by atoms with E-state index in [-0.39, 0.29) is 18.2 Å². The Labute approximate surface area is 97.3 Å². The van der Waals surface area contributed by atoms with Crippen LogP contribution in [0.4, 0.5) is 5.82 Å². The van der Waals surface area contributed by atoms with Gasteiger partial charge in [-0.3, -0.25) is 0 Å². The third-order valence-corrected chi connectivity index (χ3v) is 1.78. The van der Waals surface area contributed by atoms with Gasteiger partial charge >= 0.3 is 5.82 Å². The first-order chi connectivity index (χ1) is 7.75. The number of aromatic nitrogens is 1. The molecular weight excluding hydrogens is 236 g/mol. The highest BCUT2D eigenvalue weighted by Gasteiger charge is 2.14. The van der Waals surface area contributed by atoms with Crippen LogP contribution in [0.2, 0.25) is 0 Å². The molecule has 0 aromatic carbocycles. The molecule has 1 aromatic heterocycles. The zero-order valence-electron chi connectivity index (χ0n) is 8.47. The van der Waals surface area contributed by atoms with Gasteiger partial charge in [0.1, 0.15) is 12.8 Å². The van der Waals surface area contributed by atoms with Crippen molar-refractivity contribution in [1.29, 1.82) is 0 Å². The predicted octanol–water partition coefficient (Wildman–Crippen LogP) is 1.62. The fourth-order valence-electron chi connectivity index (χ4n) is 0.999.